The zero-order valence-corrected chi connectivity index (χ0v) is 20.8. The van der Waals surface area contributed by atoms with E-state index in [2.05, 4.69) is 16.1 Å². The first-order chi connectivity index (χ1) is 16.8. The van der Waals surface area contributed by atoms with Gasteiger partial charge in [0, 0.05) is 11.3 Å². The number of hydrogen-bond acceptors (Lipinski definition) is 4. The lowest BCUT2D eigenvalue weighted by molar-refractivity contribution is 0.0645. The zero-order chi connectivity index (χ0) is 25.4. The minimum absolute atomic E-state index is 0.0979. The maximum Gasteiger partial charge on any atom is 0.263 e. The summed E-state index contributed by atoms with van der Waals surface area (Å²) in [5.74, 6) is -2.93. The number of carbonyl (C=O) groups is 1. The van der Waals surface area contributed by atoms with Gasteiger partial charge in [0.1, 0.15) is 17.2 Å². The van der Waals surface area contributed by atoms with Gasteiger partial charge in [-0.15, -0.1) is 0 Å². The average molecular weight is 536 g/mol. The first-order valence-electron chi connectivity index (χ1n) is 10.5. The van der Waals surface area contributed by atoms with Crippen molar-refractivity contribution in [1.29, 1.82) is 0 Å². The molecule has 0 atom stereocenters. The van der Waals surface area contributed by atoms with E-state index in [4.69, 9.17) is 40.3 Å². The molecule has 0 aliphatic heterocycles. The van der Waals surface area contributed by atoms with Crippen molar-refractivity contribution in [3.8, 4) is 0 Å². The normalized spacial score (nSPS) is 11.2. The Balaban J connectivity index is 1.53. The second-order valence-corrected chi connectivity index (χ2v) is 8.47. The van der Waals surface area contributed by atoms with E-state index in [0.29, 0.717) is 15.7 Å². The summed E-state index contributed by atoms with van der Waals surface area (Å²) in [5, 5.41) is 5.88. The number of thiocarbonyl (C=S) groups is 1. The van der Waals surface area contributed by atoms with Gasteiger partial charge in [0.25, 0.3) is 5.91 Å². The Morgan fingerprint density at radius 1 is 1.03 bits per heavy atom. The van der Waals surface area contributed by atoms with Gasteiger partial charge < -0.3 is 5.32 Å². The number of hydrogen-bond donors (Lipinski definition) is 3. The summed E-state index contributed by atoms with van der Waals surface area (Å²) in [6.45, 7) is 2.26. The van der Waals surface area contributed by atoms with Gasteiger partial charge in [-0.25, -0.2) is 8.78 Å². The number of halogens is 4. The lowest BCUT2D eigenvalue weighted by atomic mass is 10.1. The monoisotopic (exact) mass is 535 g/mol. The number of allylic oxidation sites excluding steroid dienone is 1. The summed E-state index contributed by atoms with van der Waals surface area (Å²) in [6, 6.07) is 15.5. The second-order valence-electron chi connectivity index (χ2n) is 7.25. The number of nitrogens with one attached hydrogen (secondary N) is 3. The van der Waals surface area contributed by atoms with E-state index in [1.165, 1.54) is 6.07 Å². The van der Waals surface area contributed by atoms with Crippen LogP contribution in [0.4, 0.5) is 14.5 Å². The van der Waals surface area contributed by atoms with Gasteiger partial charge in [0.05, 0.1) is 22.3 Å². The summed E-state index contributed by atoms with van der Waals surface area (Å²) in [5.41, 5.74) is 5.27. The van der Waals surface area contributed by atoms with E-state index in [-0.39, 0.29) is 11.7 Å². The third kappa shape index (κ3) is 7.47. The number of carbonyl (C=O) groups excluding carboxylic acids is 1. The lowest BCUT2D eigenvalue weighted by Gasteiger charge is -2.13. The Hall–Kier alpha value is -3.04. The van der Waals surface area contributed by atoms with Crippen LogP contribution >= 0.6 is 35.4 Å². The molecule has 0 spiro atoms. The number of amides is 1. The zero-order valence-electron chi connectivity index (χ0n) is 18.5. The molecule has 3 aromatic carbocycles. The van der Waals surface area contributed by atoms with Gasteiger partial charge in [-0.3, -0.25) is 20.4 Å². The molecule has 0 aromatic heterocycles. The minimum Gasteiger partial charge on any atom is -0.332 e. The van der Waals surface area contributed by atoms with Gasteiger partial charge in [-0.05, 0) is 60.6 Å². The summed E-state index contributed by atoms with van der Waals surface area (Å²) >= 11 is 17.2. The highest BCUT2D eigenvalue weighted by Gasteiger charge is 2.18. The van der Waals surface area contributed by atoms with Crippen molar-refractivity contribution in [3.63, 3.8) is 0 Å². The molecule has 5 nitrogen and oxygen atoms in total. The minimum atomic E-state index is -0.980. The van der Waals surface area contributed by atoms with Gasteiger partial charge in [-0.2, -0.15) is 0 Å². The fourth-order valence-corrected chi connectivity index (χ4v) is 3.52. The van der Waals surface area contributed by atoms with Crippen LogP contribution in [-0.2, 0) is 11.4 Å². The molecule has 10 heteroatoms. The molecule has 3 aromatic rings. The fourth-order valence-electron chi connectivity index (χ4n) is 3.01. The standard InChI is InChI=1S/C25H21Cl2F2N3O2S/c1-2-4-22(16-9-12-18(26)19(27)13-16)32-34-14-15-7-10-17(11-8-15)30-25(35)31-24(33)23-20(28)5-3-6-21(23)29/h3-13,32H,2,14H2,1H3,(H2,30,31,33,35). The largest absolute Gasteiger partial charge is 0.332 e. The number of rotatable bonds is 8. The Bertz CT molecular complexity index is 1230. The van der Waals surface area contributed by atoms with Crippen LogP contribution in [0.2, 0.25) is 10.0 Å². The van der Waals surface area contributed by atoms with E-state index in [1.54, 1.807) is 36.4 Å². The molecule has 0 heterocycles. The molecule has 35 heavy (non-hydrogen) atoms. The summed E-state index contributed by atoms with van der Waals surface area (Å²) in [4.78, 5) is 17.8. The fraction of sp³-hybridized carbons (Fsp3) is 0.120. The first-order valence-corrected chi connectivity index (χ1v) is 11.6. The molecule has 0 radical (unpaired) electrons. The average Bonchev–Trinajstić information content (AvgIpc) is 2.81. The number of hydroxylamine groups is 1. The maximum atomic E-state index is 13.8. The molecule has 0 saturated heterocycles. The molecule has 0 saturated carbocycles. The van der Waals surface area contributed by atoms with E-state index in [9.17, 15) is 13.6 Å². The van der Waals surface area contributed by atoms with E-state index in [1.807, 2.05) is 19.1 Å². The van der Waals surface area contributed by atoms with Crippen LogP contribution in [0.3, 0.4) is 0 Å². The Morgan fingerprint density at radius 2 is 1.71 bits per heavy atom. The third-order valence-corrected chi connectivity index (χ3v) is 5.63. The predicted molar refractivity (Wildman–Crippen MR) is 139 cm³/mol. The van der Waals surface area contributed by atoms with E-state index >= 15 is 0 Å². The molecule has 182 valence electrons. The highest BCUT2D eigenvalue weighted by atomic mass is 35.5. The highest BCUT2D eigenvalue weighted by molar-refractivity contribution is 7.80. The Kier molecular flexibility index (Phi) is 9.56. The molecule has 0 bridgehead atoms. The smallest absolute Gasteiger partial charge is 0.263 e. The second kappa shape index (κ2) is 12.6. The summed E-state index contributed by atoms with van der Waals surface area (Å²) in [6.07, 6.45) is 2.75. The van der Waals surface area contributed by atoms with Crippen molar-refractivity contribution in [2.24, 2.45) is 0 Å². The van der Waals surface area contributed by atoms with Crippen LogP contribution in [0.15, 0.2) is 66.7 Å². The SMILES string of the molecule is CCC=C(NOCc1ccc(NC(=S)NC(=O)c2c(F)cccc2F)cc1)c1ccc(Cl)c(Cl)c1. The van der Waals surface area contributed by atoms with Crippen molar-refractivity contribution in [1.82, 2.24) is 10.8 Å². The summed E-state index contributed by atoms with van der Waals surface area (Å²) in [7, 11) is 0. The molecular weight excluding hydrogens is 515 g/mol. The molecular formula is C25H21Cl2F2N3O2S. The third-order valence-electron chi connectivity index (χ3n) is 4.69. The van der Waals surface area contributed by atoms with Crippen LogP contribution in [0.5, 0.6) is 0 Å². The Morgan fingerprint density at radius 3 is 2.34 bits per heavy atom. The van der Waals surface area contributed by atoms with Gasteiger partial charge >= 0.3 is 0 Å². The van der Waals surface area contributed by atoms with Crippen LogP contribution in [-0.4, -0.2) is 11.0 Å². The van der Waals surface area contributed by atoms with Crippen molar-refractivity contribution in [2.75, 3.05) is 5.32 Å². The maximum absolute atomic E-state index is 13.8. The number of benzene rings is 3. The quantitative estimate of drug-likeness (QED) is 0.217. The van der Waals surface area contributed by atoms with Gasteiger partial charge in [-0.1, -0.05) is 60.5 Å². The van der Waals surface area contributed by atoms with Gasteiger partial charge in [0.2, 0.25) is 0 Å². The predicted octanol–water partition coefficient (Wildman–Crippen LogP) is 6.87. The molecule has 3 rings (SSSR count). The lowest BCUT2D eigenvalue weighted by Crippen LogP contribution is -2.35. The van der Waals surface area contributed by atoms with E-state index in [0.717, 1.165) is 35.4 Å². The molecule has 0 unspecified atom stereocenters. The van der Waals surface area contributed by atoms with Crippen LogP contribution in [0.25, 0.3) is 5.70 Å². The van der Waals surface area contributed by atoms with Crippen LogP contribution in [0.1, 0.15) is 34.8 Å². The molecule has 0 aliphatic carbocycles. The van der Waals surface area contributed by atoms with Crippen molar-refractivity contribution >= 4 is 57.8 Å². The number of anilines is 1. The van der Waals surface area contributed by atoms with Crippen molar-refractivity contribution in [3.05, 3.63) is 105 Å². The highest BCUT2D eigenvalue weighted by Crippen LogP contribution is 2.25. The van der Waals surface area contributed by atoms with Crippen molar-refractivity contribution < 1.29 is 18.4 Å². The Labute approximate surface area is 217 Å². The molecule has 1 amide bonds. The molecule has 3 N–H and O–H groups in total. The van der Waals surface area contributed by atoms with Crippen LogP contribution < -0.4 is 16.1 Å². The molecule has 0 fully saturated rings. The van der Waals surface area contributed by atoms with Gasteiger partial charge in [0.15, 0.2) is 5.11 Å². The van der Waals surface area contributed by atoms with Crippen molar-refractivity contribution in [2.45, 2.75) is 20.0 Å². The topological polar surface area (TPSA) is 62.4 Å². The first kappa shape index (κ1) is 26.6. The summed E-state index contributed by atoms with van der Waals surface area (Å²) < 4.78 is 27.5. The molecule has 0 aliphatic rings. The van der Waals surface area contributed by atoms with E-state index < -0.39 is 23.1 Å². The van der Waals surface area contributed by atoms with Crippen LogP contribution in [0, 0.1) is 11.6 Å².